The number of anilines is 1. The van der Waals surface area contributed by atoms with Gasteiger partial charge in [-0.25, -0.2) is 0 Å². The molecule has 6 heteroatoms. The van der Waals surface area contributed by atoms with Crippen molar-refractivity contribution in [3.05, 3.63) is 29.3 Å². The minimum absolute atomic E-state index is 0.272. The van der Waals surface area contributed by atoms with E-state index >= 15 is 0 Å². The van der Waals surface area contributed by atoms with Crippen molar-refractivity contribution in [3.8, 4) is 11.8 Å². The van der Waals surface area contributed by atoms with E-state index in [4.69, 9.17) is 5.73 Å². The molecule has 20 heavy (non-hydrogen) atoms. The normalized spacial score (nSPS) is 11.1. The van der Waals surface area contributed by atoms with Crippen LogP contribution in [-0.2, 0) is 10.2 Å². The first-order chi connectivity index (χ1) is 9.42. The smallest absolute Gasteiger partial charge is 0.301 e. The van der Waals surface area contributed by atoms with E-state index in [1.54, 1.807) is 26.0 Å². The SMILES string of the molecule is CCN(CC)S(=O)(=O)Nc1cc(C)cc(C#CCN)c1. The van der Waals surface area contributed by atoms with Crippen LogP contribution < -0.4 is 10.5 Å². The molecule has 0 saturated carbocycles. The molecule has 0 amide bonds. The third-order valence-electron chi connectivity index (χ3n) is 2.70. The van der Waals surface area contributed by atoms with Crippen molar-refractivity contribution in [2.24, 2.45) is 5.73 Å². The average molecular weight is 295 g/mol. The van der Waals surface area contributed by atoms with Gasteiger partial charge in [0.05, 0.1) is 12.2 Å². The van der Waals surface area contributed by atoms with Crippen LogP contribution in [0.3, 0.4) is 0 Å². The van der Waals surface area contributed by atoms with Gasteiger partial charge in [-0.2, -0.15) is 12.7 Å². The summed E-state index contributed by atoms with van der Waals surface area (Å²) in [6.45, 7) is 6.63. The Balaban J connectivity index is 3.06. The molecule has 1 aromatic rings. The zero-order valence-corrected chi connectivity index (χ0v) is 12.9. The second-order valence-electron chi connectivity index (χ2n) is 4.29. The average Bonchev–Trinajstić information content (AvgIpc) is 2.36. The second-order valence-corrected chi connectivity index (χ2v) is 5.96. The summed E-state index contributed by atoms with van der Waals surface area (Å²) in [6, 6.07) is 5.36. The third-order valence-corrected chi connectivity index (χ3v) is 4.39. The summed E-state index contributed by atoms with van der Waals surface area (Å²) in [4.78, 5) is 0. The van der Waals surface area contributed by atoms with Gasteiger partial charge in [0.1, 0.15) is 0 Å². The molecule has 0 saturated heterocycles. The van der Waals surface area contributed by atoms with Crippen molar-refractivity contribution in [3.63, 3.8) is 0 Å². The Hall–Kier alpha value is -1.55. The highest BCUT2D eigenvalue weighted by Gasteiger charge is 2.18. The van der Waals surface area contributed by atoms with Crippen molar-refractivity contribution < 1.29 is 8.42 Å². The lowest BCUT2D eigenvalue weighted by Gasteiger charge is -2.19. The molecule has 0 aliphatic rings. The van der Waals surface area contributed by atoms with Gasteiger partial charge in [-0.1, -0.05) is 25.7 Å². The molecule has 1 rings (SSSR count). The van der Waals surface area contributed by atoms with Crippen molar-refractivity contribution in [2.75, 3.05) is 24.4 Å². The van der Waals surface area contributed by atoms with E-state index < -0.39 is 10.2 Å². The highest BCUT2D eigenvalue weighted by atomic mass is 32.2. The summed E-state index contributed by atoms with van der Waals surface area (Å²) in [5.74, 6) is 5.66. The molecule has 3 N–H and O–H groups in total. The molecular formula is C14H21N3O2S. The number of nitrogens with one attached hydrogen (secondary N) is 1. The van der Waals surface area contributed by atoms with E-state index in [1.165, 1.54) is 4.31 Å². The molecule has 0 radical (unpaired) electrons. The Labute approximate surface area is 121 Å². The van der Waals surface area contributed by atoms with Gasteiger partial charge in [0.25, 0.3) is 0 Å². The molecule has 0 aliphatic carbocycles. The van der Waals surface area contributed by atoms with Crippen LogP contribution in [0.2, 0.25) is 0 Å². The third kappa shape index (κ3) is 4.53. The molecular weight excluding hydrogens is 274 g/mol. The Morgan fingerprint density at radius 3 is 2.45 bits per heavy atom. The number of nitrogens with zero attached hydrogens (tertiary/aromatic N) is 1. The predicted molar refractivity (Wildman–Crippen MR) is 82.6 cm³/mol. The summed E-state index contributed by atoms with van der Waals surface area (Å²) in [5, 5.41) is 0. The molecule has 0 bridgehead atoms. The lowest BCUT2D eigenvalue weighted by Crippen LogP contribution is -2.35. The molecule has 0 aromatic heterocycles. The van der Waals surface area contributed by atoms with Crippen molar-refractivity contribution in [1.29, 1.82) is 0 Å². The van der Waals surface area contributed by atoms with E-state index in [0.29, 0.717) is 18.8 Å². The molecule has 0 fully saturated rings. The minimum Gasteiger partial charge on any atom is -0.320 e. The lowest BCUT2D eigenvalue weighted by atomic mass is 10.1. The second kappa shape index (κ2) is 7.29. The first-order valence-electron chi connectivity index (χ1n) is 6.51. The Bertz CT molecular complexity index is 611. The van der Waals surface area contributed by atoms with E-state index in [1.807, 2.05) is 13.0 Å². The maximum absolute atomic E-state index is 12.2. The molecule has 0 heterocycles. The van der Waals surface area contributed by atoms with Crippen LogP contribution in [-0.4, -0.2) is 32.4 Å². The maximum Gasteiger partial charge on any atom is 0.301 e. The van der Waals surface area contributed by atoms with Crippen LogP contribution in [0, 0.1) is 18.8 Å². The fraction of sp³-hybridized carbons (Fsp3) is 0.429. The van der Waals surface area contributed by atoms with Crippen LogP contribution in [0.15, 0.2) is 18.2 Å². The van der Waals surface area contributed by atoms with E-state index in [2.05, 4.69) is 16.6 Å². The molecule has 1 aromatic carbocycles. The monoisotopic (exact) mass is 295 g/mol. The molecule has 0 atom stereocenters. The minimum atomic E-state index is -3.52. The first-order valence-corrected chi connectivity index (χ1v) is 7.95. The molecule has 0 unspecified atom stereocenters. The molecule has 110 valence electrons. The highest BCUT2D eigenvalue weighted by molar-refractivity contribution is 7.90. The quantitative estimate of drug-likeness (QED) is 0.804. The Kier molecular flexibility index (Phi) is 6.02. The van der Waals surface area contributed by atoms with Crippen molar-refractivity contribution in [2.45, 2.75) is 20.8 Å². The summed E-state index contributed by atoms with van der Waals surface area (Å²) in [5.41, 5.74) is 7.53. The van der Waals surface area contributed by atoms with Gasteiger partial charge in [-0.05, 0) is 30.7 Å². The summed E-state index contributed by atoms with van der Waals surface area (Å²) in [7, 11) is -3.52. The number of hydrogen-bond acceptors (Lipinski definition) is 3. The van der Waals surface area contributed by atoms with Crippen LogP contribution in [0.4, 0.5) is 5.69 Å². The zero-order valence-electron chi connectivity index (χ0n) is 12.1. The number of rotatable bonds is 5. The number of nitrogens with two attached hydrogens (primary N) is 1. The van der Waals surface area contributed by atoms with Gasteiger partial charge in [0.15, 0.2) is 0 Å². The predicted octanol–water partition coefficient (Wildman–Crippen LogP) is 1.30. The van der Waals surface area contributed by atoms with Gasteiger partial charge in [0, 0.05) is 18.7 Å². The number of hydrogen-bond donors (Lipinski definition) is 2. The van der Waals surface area contributed by atoms with Crippen LogP contribution in [0.1, 0.15) is 25.0 Å². The highest BCUT2D eigenvalue weighted by Crippen LogP contribution is 2.16. The summed E-state index contributed by atoms with van der Waals surface area (Å²) >= 11 is 0. The van der Waals surface area contributed by atoms with Crippen LogP contribution >= 0.6 is 0 Å². The summed E-state index contributed by atoms with van der Waals surface area (Å²) < 4.78 is 28.3. The van der Waals surface area contributed by atoms with Crippen LogP contribution in [0.5, 0.6) is 0 Å². The van der Waals surface area contributed by atoms with Gasteiger partial charge < -0.3 is 5.73 Å². The van der Waals surface area contributed by atoms with Crippen molar-refractivity contribution in [1.82, 2.24) is 4.31 Å². The van der Waals surface area contributed by atoms with E-state index in [9.17, 15) is 8.42 Å². The standard InChI is InChI=1S/C14H21N3O2S/c1-4-17(5-2)20(18,19)16-14-10-12(3)9-13(11-14)7-6-8-15/h9-11,16H,4-5,8,15H2,1-3H3. The Morgan fingerprint density at radius 1 is 1.25 bits per heavy atom. The number of benzene rings is 1. The first kappa shape index (κ1) is 16.5. The molecule has 0 spiro atoms. The topological polar surface area (TPSA) is 75.4 Å². The van der Waals surface area contributed by atoms with Crippen molar-refractivity contribution >= 4 is 15.9 Å². The van der Waals surface area contributed by atoms with Gasteiger partial charge in [-0.3, -0.25) is 4.72 Å². The van der Waals surface area contributed by atoms with E-state index in [-0.39, 0.29) is 6.54 Å². The Morgan fingerprint density at radius 2 is 1.90 bits per heavy atom. The zero-order chi connectivity index (χ0) is 15.2. The maximum atomic E-state index is 12.2. The molecule has 5 nitrogen and oxygen atoms in total. The fourth-order valence-corrected chi connectivity index (χ4v) is 3.07. The summed E-state index contributed by atoms with van der Waals surface area (Å²) in [6.07, 6.45) is 0. The molecule has 0 aliphatic heterocycles. The van der Waals surface area contributed by atoms with E-state index in [0.717, 1.165) is 11.1 Å². The number of aryl methyl sites for hydroxylation is 1. The largest absolute Gasteiger partial charge is 0.320 e. The van der Waals surface area contributed by atoms with Gasteiger partial charge >= 0.3 is 10.2 Å². The lowest BCUT2D eigenvalue weighted by molar-refractivity contribution is 0.449. The fourth-order valence-electron chi connectivity index (χ4n) is 1.84. The van der Waals surface area contributed by atoms with Gasteiger partial charge in [-0.15, -0.1) is 0 Å². The van der Waals surface area contributed by atoms with Crippen LogP contribution in [0.25, 0.3) is 0 Å². The van der Waals surface area contributed by atoms with Gasteiger partial charge in [0.2, 0.25) is 0 Å².